The largest absolute Gasteiger partial charge is 0.328 e. The van der Waals surface area contributed by atoms with E-state index in [4.69, 9.17) is 23.2 Å². The molecule has 1 heterocycles. The van der Waals surface area contributed by atoms with Crippen LogP contribution in [0.2, 0.25) is 0 Å². The predicted octanol–water partition coefficient (Wildman–Crippen LogP) is 2.94. The van der Waals surface area contributed by atoms with Crippen molar-refractivity contribution in [1.82, 2.24) is 15.1 Å². The quantitative estimate of drug-likeness (QED) is 0.853. The van der Waals surface area contributed by atoms with Crippen molar-refractivity contribution in [1.29, 1.82) is 0 Å². The second-order valence-corrected chi connectivity index (χ2v) is 6.72. The van der Waals surface area contributed by atoms with Crippen molar-refractivity contribution in [3.05, 3.63) is 35.1 Å². The average Bonchev–Trinajstić information content (AvgIpc) is 2.48. The fourth-order valence-electron chi connectivity index (χ4n) is 2.33. The number of carbonyl (C=O) groups excluding carboxylic acids is 1. The van der Waals surface area contributed by atoms with Gasteiger partial charge in [-0.25, -0.2) is 9.18 Å². The van der Waals surface area contributed by atoms with Gasteiger partial charge >= 0.3 is 6.03 Å². The lowest BCUT2D eigenvalue weighted by Crippen LogP contribution is -2.51. The normalized spacial score (nSPS) is 17.6. The first-order valence-corrected chi connectivity index (χ1v) is 8.04. The minimum Gasteiger partial charge on any atom is -0.328 e. The number of rotatable bonds is 3. The summed E-state index contributed by atoms with van der Waals surface area (Å²) in [6.45, 7) is 4.61. The Bertz CT molecular complexity index is 534. The number of nitrogens with one attached hydrogen (secondary N) is 1. The first-order valence-electron chi connectivity index (χ1n) is 7.16. The Kier molecular flexibility index (Phi) is 5.89. The van der Waals surface area contributed by atoms with Crippen LogP contribution in [0, 0.1) is 12.7 Å². The van der Waals surface area contributed by atoms with Gasteiger partial charge in [-0.3, -0.25) is 0 Å². The van der Waals surface area contributed by atoms with Crippen LogP contribution < -0.4 is 5.32 Å². The van der Waals surface area contributed by atoms with Crippen molar-refractivity contribution in [3.8, 4) is 0 Å². The molecule has 2 rings (SSSR count). The van der Waals surface area contributed by atoms with Gasteiger partial charge in [0.05, 0.1) is 6.04 Å². The smallest absolute Gasteiger partial charge is 0.318 e. The average molecular weight is 348 g/mol. The first-order chi connectivity index (χ1) is 10.4. The summed E-state index contributed by atoms with van der Waals surface area (Å²) < 4.78 is 13.7. The number of nitrogens with zero attached hydrogens (tertiary/aromatic N) is 2. The molecule has 0 aromatic heterocycles. The van der Waals surface area contributed by atoms with Crippen molar-refractivity contribution in [2.45, 2.75) is 17.8 Å². The number of hydrogen-bond acceptors (Lipinski definition) is 2. The first kappa shape index (κ1) is 17.3. The fraction of sp³-hybridized carbons (Fsp3) is 0.533. The number of carbonyl (C=O) groups is 1. The SMILES string of the molecule is Cc1ccc([C@@H](NC(=O)N2CCN(C)CC2)C(Cl)Cl)cc1F. The summed E-state index contributed by atoms with van der Waals surface area (Å²) in [5.74, 6) is -0.342. The molecule has 22 heavy (non-hydrogen) atoms. The van der Waals surface area contributed by atoms with E-state index in [0.717, 1.165) is 13.1 Å². The molecule has 0 unspecified atom stereocenters. The topological polar surface area (TPSA) is 35.6 Å². The van der Waals surface area contributed by atoms with E-state index in [-0.39, 0.29) is 11.8 Å². The summed E-state index contributed by atoms with van der Waals surface area (Å²) in [5, 5.41) is 2.80. The van der Waals surface area contributed by atoms with Crippen molar-refractivity contribution in [3.63, 3.8) is 0 Å². The van der Waals surface area contributed by atoms with Gasteiger partial charge in [-0.05, 0) is 31.2 Å². The number of piperazine rings is 1. The zero-order valence-corrected chi connectivity index (χ0v) is 14.2. The van der Waals surface area contributed by atoms with Crippen LogP contribution in [-0.4, -0.2) is 53.9 Å². The summed E-state index contributed by atoms with van der Waals surface area (Å²) in [6.07, 6.45) is 0. The Hall–Kier alpha value is -1.04. The summed E-state index contributed by atoms with van der Waals surface area (Å²) >= 11 is 12.0. The molecule has 4 nitrogen and oxygen atoms in total. The number of amides is 2. The molecule has 0 spiro atoms. The zero-order valence-electron chi connectivity index (χ0n) is 12.7. The second-order valence-electron chi connectivity index (χ2n) is 5.56. The van der Waals surface area contributed by atoms with Gasteiger partial charge in [0.1, 0.15) is 10.7 Å². The molecule has 1 N–H and O–H groups in total. The number of hydrogen-bond donors (Lipinski definition) is 1. The van der Waals surface area contributed by atoms with Crippen molar-refractivity contribution < 1.29 is 9.18 Å². The summed E-state index contributed by atoms with van der Waals surface area (Å²) in [5.41, 5.74) is 1.09. The highest BCUT2D eigenvalue weighted by molar-refractivity contribution is 6.44. The highest BCUT2D eigenvalue weighted by atomic mass is 35.5. The van der Waals surface area contributed by atoms with Crippen LogP contribution >= 0.6 is 23.2 Å². The molecular weight excluding hydrogens is 328 g/mol. The van der Waals surface area contributed by atoms with E-state index >= 15 is 0 Å². The maximum atomic E-state index is 13.7. The monoisotopic (exact) mass is 347 g/mol. The van der Waals surface area contributed by atoms with E-state index in [1.807, 2.05) is 7.05 Å². The molecule has 7 heteroatoms. The van der Waals surface area contributed by atoms with Gasteiger partial charge in [0.2, 0.25) is 0 Å². The fourth-order valence-corrected chi connectivity index (χ4v) is 2.75. The maximum Gasteiger partial charge on any atom is 0.318 e. The predicted molar refractivity (Wildman–Crippen MR) is 87.0 cm³/mol. The van der Waals surface area contributed by atoms with Crippen LogP contribution in [0.1, 0.15) is 17.2 Å². The number of benzene rings is 1. The molecule has 0 aliphatic carbocycles. The third-order valence-electron chi connectivity index (χ3n) is 3.88. The van der Waals surface area contributed by atoms with Crippen LogP contribution in [0.3, 0.4) is 0 Å². The van der Waals surface area contributed by atoms with E-state index in [1.54, 1.807) is 24.0 Å². The van der Waals surface area contributed by atoms with Gasteiger partial charge in [0, 0.05) is 26.2 Å². The minimum absolute atomic E-state index is 0.231. The molecule has 1 saturated heterocycles. The molecule has 0 radical (unpaired) electrons. The molecule has 1 aliphatic heterocycles. The lowest BCUT2D eigenvalue weighted by Gasteiger charge is -2.33. The third kappa shape index (κ3) is 4.24. The van der Waals surface area contributed by atoms with Crippen LogP contribution in [-0.2, 0) is 0 Å². The highest BCUT2D eigenvalue weighted by Gasteiger charge is 2.26. The Labute approximate surface area is 140 Å². The van der Waals surface area contributed by atoms with Gasteiger partial charge in [-0.2, -0.15) is 0 Å². The van der Waals surface area contributed by atoms with Crippen molar-refractivity contribution in [2.24, 2.45) is 0 Å². The van der Waals surface area contributed by atoms with E-state index in [9.17, 15) is 9.18 Å². The Balaban J connectivity index is 2.08. The van der Waals surface area contributed by atoms with Gasteiger partial charge in [-0.15, -0.1) is 23.2 Å². The summed E-state index contributed by atoms with van der Waals surface area (Å²) in [4.78, 5) is 15.3. The van der Waals surface area contributed by atoms with Gasteiger partial charge < -0.3 is 15.1 Å². The van der Waals surface area contributed by atoms with Crippen LogP contribution in [0.15, 0.2) is 18.2 Å². The standard InChI is InChI=1S/C15H20Cl2FN3O/c1-10-3-4-11(9-12(10)18)13(14(16)17)19-15(22)21-7-5-20(2)6-8-21/h3-4,9,13-14H,5-8H2,1-2H3,(H,19,22)/t13-/m1/s1. The Morgan fingerprint density at radius 1 is 1.27 bits per heavy atom. The number of aryl methyl sites for hydroxylation is 1. The summed E-state index contributed by atoms with van der Waals surface area (Å²) in [7, 11) is 2.01. The molecule has 1 aliphatic rings. The minimum atomic E-state index is -0.862. The molecule has 1 atom stereocenters. The van der Waals surface area contributed by atoms with E-state index in [1.165, 1.54) is 6.07 Å². The molecule has 122 valence electrons. The van der Waals surface area contributed by atoms with Gasteiger partial charge in [-0.1, -0.05) is 12.1 Å². The molecule has 1 aromatic carbocycles. The maximum absolute atomic E-state index is 13.7. The summed E-state index contributed by atoms with van der Waals surface area (Å²) in [6, 6.07) is 3.86. The number of likely N-dealkylation sites (N-methyl/N-ethyl adjacent to an activating group) is 1. The van der Waals surface area contributed by atoms with Gasteiger partial charge in [0.25, 0.3) is 0 Å². The molecule has 1 fully saturated rings. The lowest BCUT2D eigenvalue weighted by molar-refractivity contribution is 0.152. The molecule has 2 amide bonds. The van der Waals surface area contributed by atoms with Gasteiger partial charge in [0.15, 0.2) is 0 Å². The lowest BCUT2D eigenvalue weighted by atomic mass is 10.1. The second kappa shape index (κ2) is 7.49. The van der Waals surface area contributed by atoms with Crippen molar-refractivity contribution >= 4 is 29.2 Å². The van der Waals surface area contributed by atoms with Crippen molar-refractivity contribution in [2.75, 3.05) is 33.2 Å². The molecule has 0 saturated carbocycles. The zero-order chi connectivity index (χ0) is 16.3. The Morgan fingerprint density at radius 2 is 1.91 bits per heavy atom. The number of alkyl halides is 2. The third-order valence-corrected chi connectivity index (χ3v) is 4.38. The van der Waals surface area contributed by atoms with E-state index < -0.39 is 10.9 Å². The Morgan fingerprint density at radius 3 is 2.45 bits per heavy atom. The van der Waals surface area contributed by atoms with Crippen LogP contribution in [0.25, 0.3) is 0 Å². The highest BCUT2D eigenvalue weighted by Crippen LogP contribution is 2.26. The van der Waals surface area contributed by atoms with E-state index in [0.29, 0.717) is 24.2 Å². The molecule has 1 aromatic rings. The molecule has 0 bridgehead atoms. The van der Waals surface area contributed by atoms with Crippen LogP contribution in [0.5, 0.6) is 0 Å². The number of urea groups is 1. The van der Waals surface area contributed by atoms with Crippen LogP contribution in [0.4, 0.5) is 9.18 Å². The number of halogens is 3. The van der Waals surface area contributed by atoms with E-state index in [2.05, 4.69) is 10.2 Å². The molecular formula is C15H20Cl2FN3O.